The zero-order valence-corrected chi connectivity index (χ0v) is 18.4. The van der Waals surface area contributed by atoms with Crippen molar-refractivity contribution in [3.63, 3.8) is 0 Å². The van der Waals surface area contributed by atoms with E-state index in [1.165, 1.54) is 11.8 Å². The Labute approximate surface area is 178 Å². The number of carbonyl (C=O) groups is 1. The van der Waals surface area contributed by atoms with Crippen LogP contribution in [0, 0.1) is 11.8 Å². The second-order valence-electron chi connectivity index (χ2n) is 8.94. The van der Waals surface area contributed by atoms with Crippen LogP contribution in [-0.2, 0) is 9.53 Å². The lowest BCUT2D eigenvalue weighted by Gasteiger charge is -2.45. The number of aliphatic hydroxyl groups excluding tert-OH is 3. The summed E-state index contributed by atoms with van der Waals surface area (Å²) in [7, 11) is 0. The Kier molecular flexibility index (Phi) is 8.65. The van der Waals surface area contributed by atoms with Gasteiger partial charge in [-0.2, -0.15) is 0 Å². The molecule has 0 spiro atoms. The number of hydrogen-bond acceptors (Lipinski definition) is 7. The summed E-state index contributed by atoms with van der Waals surface area (Å²) in [5.74, 6) is 0.731. The summed E-state index contributed by atoms with van der Waals surface area (Å²) in [4.78, 5) is 13.1. The molecule has 1 amide bonds. The number of amides is 1. The molecule has 29 heavy (non-hydrogen) atoms. The minimum atomic E-state index is -1.28. The van der Waals surface area contributed by atoms with Crippen LogP contribution in [0.15, 0.2) is 0 Å². The van der Waals surface area contributed by atoms with Crippen molar-refractivity contribution in [3.05, 3.63) is 0 Å². The van der Waals surface area contributed by atoms with E-state index in [2.05, 4.69) is 17.6 Å². The van der Waals surface area contributed by atoms with Crippen molar-refractivity contribution >= 4 is 17.7 Å². The summed E-state index contributed by atoms with van der Waals surface area (Å²) in [6.45, 7) is 3.02. The highest BCUT2D eigenvalue weighted by molar-refractivity contribution is 7.99. The highest BCUT2D eigenvalue weighted by Crippen LogP contribution is 2.36. The second-order valence-corrected chi connectivity index (χ2v) is 9.88. The lowest BCUT2D eigenvalue weighted by atomic mass is 9.85. The zero-order chi connectivity index (χ0) is 21.0. The first-order chi connectivity index (χ1) is 14.0. The minimum Gasteiger partial charge on any atom is -0.388 e. The number of ether oxygens (including phenoxy) is 1. The summed E-state index contributed by atoms with van der Waals surface area (Å²) in [5, 5.41) is 37.8. The molecule has 0 radical (unpaired) electrons. The Bertz CT molecular complexity index is 529. The molecule has 168 valence electrons. The molecule has 2 aliphatic heterocycles. The van der Waals surface area contributed by atoms with Gasteiger partial charge in [0, 0.05) is 0 Å². The molecule has 0 aromatic rings. The fourth-order valence-corrected chi connectivity index (χ4v) is 5.96. The van der Waals surface area contributed by atoms with E-state index < -0.39 is 29.9 Å². The van der Waals surface area contributed by atoms with E-state index >= 15 is 0 Å². The molecule has 1 aliphatic carbocycles. The second kappa shape index (κ2) is 10.8. The van der Waals surface area contributed by atoms with E-state index in [1.807, 2.05) is 0 Å². The van der Waals surface area contributed by atoms with Gasteiger partial charge < -0.3 is 30.7 Å². The number of thioether (sulfide) groups is 1. The molecule has 3 fully saturated rings. The first-order valence-corrected chi connectivity index (χ1v) is 12.5. The first kappa shape index (κ1) is 23.3. The van der Waals surface area contributed by atoms with Crippen LogP contribution in [0.25, 0.3) is 0 Å². The molecule has 8 unspecified atom stereocenters. The predicted molar refractivity (Wildman–Crippen MR) is 114 cm³/mol. The van der Waals surface area contributed by atoms with Gasteiger partial charge in [0.25, 0.3) is 0 Å². The molecule has 2 saturated heterocycles. The third-order valence-corrected chi connectivity index (χ3v) is 7.79. The van der Waals surface area contributed by atoms with Crippen molar-refractivity contribution in [1.82, 2.24) is 10.6 Å². The van der Waals surface area contributed by atoms with Gasteiger partial charge in [0.15, 0.2) is 0 Å². The summed E-state index contributed by atoms with van der Waals surface area (Å²) >= 11 is 1.31. The van der Waals surface area contributed by atoms with Crippen molar-refractivity contribution < 1.29 is 24.9 Å². The monoisotopic (exact) mass is 430 g/mol. The average Bonchev–Trinajstić information content (AvgIpc) is 3.26. The van der Waals surface area contributed by atoms with Crippen LogP contribution in [0.5, 0.6) is 0 Å². The number of hydrogen-bond donors (Lipinski definition) is 5. The quantitative estimate of drug-likeness (QED) is 0.410. The van der Waals surface area contributed by atoms with Gasteiger partial charge in [-0.25, -0.2) is 0 Å². The summed E-state index contributed by atoms with van der Waals surface area (Å²) in [6.07, 6.45) is 5.75. The van der Waals surface area contributed by atoms with Crippen molar-refractivity contribution in [1.29, 1.82) is 0 Å². The van der Waals surface area contributed by atoms with Crippen molar-refractivity contribution in [2.24, 2.45) is 11.8 Å². The molecule has 0 aromatic heterocycles. The summed E-state index contributed by atoms with van der Waals surface area (Å²) < 4.78 is 6.02. The van der Waals surface area contributed by atoms with Crippen molar-refractivity contribution in [3.8, 4) is 0 Å². The number of rotatable bonds is 7. The maximum atomic E-state index is 13.1. The molecule has 2 heterocycles. The van der Waals surface area contributed by atoms with Crippen LogP contribution in [0.3, 0.4) is 0 Å². The molecular formula is C21H38N2O5S. The van der Waals surface area contributed by atoms with Gasteiger partial charge in [-0.05, 0) is 50.3 Å². The maximum absolute atomic E-state index is 13.1. The molecular weight excluding hydrogens is 392 g/mol. The van der Waals surface area contributed by atoms with Gasteiger partial charge in [0.05, 0.1) is 12.1 Å². The van der Waals surface area contributed by atoms with Crippen LogP contribution in [0.2, 0.25) is 0 Å². The predicted octanol–water partition coefficient (Wildman–Crippen LogP) is 1.00. The Morgan fingerprint density at radius 2 is 1.90 bits per heavy atom. The van der Waals surface area contributed by atoms with Gasteiger partial charge in [-0.1, -0.05) is 32.6 Å². The standard InChI is InChI=1S/C21H38N2O5S/c1-3-6-12-9-10-22-14(11-12)20(27)23-15(13-7-4-5-8-13)19-17(25)16(24)18(26)21(28-19)29-2/h12-19,21-22,24-26H,3-11H2,1-2H3,(H,23,27). The SMILES string of the molecule is CCCC1CCNC(C(=O)NC(C2CCCC2)C2OC(SC)C(O)C(O)C2O)C1. The van der Waals surface area contributed by atoms with Crippen LogP contribution in [0.4, 0.5) is 0 Å². The van der Waals surface area contributed by atoms with E-state index in [0.29, 0.717) is 5.92 Å². The minimum absolute atomic E-state index is 0.0418. The number of nitrogens with one attached hydrogen (secondary N) is 2. The Balaban J connectivity index is 1.72. The van der Waals surface area contributed by atoms with Crippen molar-refractivity contribution in [2.75, 3.05) is 12.8 Å². The number of piperidine rings is 1. The normalized spacial score (nSPS) is 40.0. The summed E-state index contributed by atoms with van der Waals surface area (Å²) in [6, 6.07) is -0.595. The number of carbonyl (C=O) groups excluding carboxylic acids is 1. The van der Waals surface area contributed by atoms with Gasteiger partial charge in [-0.15, -0.1) is 11.8 Å². The molecule has 8 heteroatoms. The molecule has 0 bridgehead atoms. The molecule has 7 nitrogen and oxygen atoms in total. The van der Waals surface area contributed by atoms with Gasteiger partial charge in [0.1, 0.15) is 29.9 Å². The Hall–Kier alpha value is -0.380. The Morgan fingerprint density at radius 1 is 1.17 bits per heavy atom. The Morgan fingerprint density at radius 3 is 2.55 bits per heavy atom. The van der Waals surface area contributed by atoms with E-state index in [4.69, 9.17) is 4.74 Å². The van der Waals surface area contributed by atoms with Crippen LogP contribution in [0.1, 0.15) is 58.3 Å². The average molecular weight is 431 g/mol. The molecule has 0 aromatic carbocycles. The molecule has 5 N–H and O–H groups in total. The zero-order valence-electron chi connectivity index (χ0n) is 17.6. The van der Waals surface area contributed by atoms with Crippen molar-refractivity contribution in [2.45, 2.75) is 100 Å². The lowest BCUT2D eigenvalue weighted by Crippen LogP contribution is -2.65. The molecule has 3 aliphatic rings. The van der Waals surface area contributed by atoms with E-state index in [1.54, 1.807) is 6.26 Å². The largest absolute Gasteiger partial charge is 0.388 e. The van der Waals surface area contributed by atoms with Crippen LogP contribution < -0.4 is 10.6 Å². The first-order valence-electron chi connectivity index (χ1n) is 11.2. The van der Waals surface area contributed by atoms with Crippen LogP contribution >= 0.6 is 11.8 Å². The maximum Gasteiger partial charge on any atom is 0.237 e. The molecule has 3 rings (SSSR count). The third kappa shape index (κ3) is 5.46. The topological polar surface area (TPSA) is 111 Å². The smallest absolute Gasteiger partial charge is 0.237 e. The molecule has 1 saturated carbocycles. The fourth-order valence-electron chi connectivity index (χ4n) is 5.28. The molecule has 8 atom stereocenters. The van der Waals surface area contributed by atoms with E-state index in [-0.39, 0.29) is 23.9 Å². The highest BCUT2D eigenvalue weighted by Gasteiger charge is 2.49. The van der Waals surface area contributed by atoms with Gasteiger partial charge in [-0.3, -0.25) is 4.79 Å². The highest BCUT2D eigenvalue weighted by atomic mass is 32.2. The number of aliphatic hydroxyl groups is 3. The van der Waals surface area contributed by atoms with Crippen LogP contribution in [-0.4, -0.2) is 76.0 Å². The van der Waals surface area contributed by atoms with E-state index in [0.717, 1.165) is 57.9 Å². The fraction of sp³-hybridized carbons (Fsp3) is 0.952. The van der Waals surface area contributed by atoms with Gasteiger partial charge >= 0.3 is 0 Å². The summed E-state index contributed by atoms with van der Waals surface area (Å²) in [5.41, 5.74) is -0.624. The van der Waals surface area contributed by atoms with E-state index in [9.17, 15) is 20.1 Å². The third-order valence-electron chi connectivity index (χ3n) is 6.94. The lowest BCUT2D eigenvalue weighted by molar-refractivity contribution is -0.208. The van der Waals surface area contributed by atoms with Gasteiger partial charge in [0.2, 0.25) is 5.91 Å².